The zero-order valence-corrected chi connectivity index (χ0v) is 13.0. The van der Waals surface area contributed by atoms with Gasteiger partial charge in [0, 0.05) is 19.3 Å². The second-order valence-electron chi connectivity index (χ2n) is 4.70. The third-order valence-electron chi connectivity index (χ3n) is 3.11. The standard InChI is InChI=1S/C16H22N2O3/c1-5-18(6-2)11-7-8-13(3)21-16(20)14-9-10-15(19)17(4)12-14/h9-10,12-13H,5-6,11H2,1-4H3/t13-/m1/s1. The number of nitrogens with zero attached hydrogens (tertiary/aromatic N) is 2. The highest BCUT2D eigenvalue weighted by Crippen LogP contribution is 2.01. The molecule has 5 heteroatoms. The summed E-state index contributed by atoms with van der Waals surface area (Å²) in [7, 11) is 1.59. The molecule has 1 atom stereocenters. The first-order chi connectivity index (χ1) is 9.97. The Morgan fingerprint density at radius 1 is 1.38 bits per heavy atom. The Labute approximate surface area is 125 Å². The Balaban J connectivity index is 2.60. The molecule has 0 spiro atoms. The van der Waals surface area contributed by atoms with Crippen molar-refractivity contribution < 1.29 is 9.53 Å². The molecule has 0 bridgehead atoms. The first kappa shape index (κ1) is 17.0. The summed E-state index contributed by atoms with van der Waals surface area (Å²) >= 11 is 0. The fourth-order valence-electron chi connectivity index (χ4n) is 1.72. The SMILES string of the molecule is CCN(CC)CC#C[C@@H](C)OC(=O)c1ccc(=O)n(C)c1. The molecule has 114 valence electrons. The average Bonchev–Trinajstić information content (AvgIpc) is 2.46. The molecule has 0 N–H and O–H groups in total. The van der Waals surface area contributed by atoms with Crippen LogP contribution in [0.5, 0.6) is 0 Å². The van der Waals surface area contributed by atoms with E-state index < -0.39 is 12.1 Å². The Morgan fingerprint density at radius 2 is 2.05 bits per heavy atom. The van der Waals surface area contributed by atoms with Crippen molar-refractivity contribution in [2.24, 2.45) is 7.05 Å². The van der Waals surface area contributed by atoms with Crippen molar-refractivity contribution in [3.05, 3.63) is 34.2 Å². The largest absolute Gasteiger partial charge is 0.446 e. The van der Waals surface area contributed by atoms with Crippen LogP contribution >= 0.6 is 0 Å². The molecule has 0 amide bonds. The van der Waals surface area contributed by atoms with E-state index in [9.17, 15) is 9.59 Å². The summed E-state index contributed by atoms with van der Waals surface area (Å²) in [4.78, 5) is 25.3. The van der Waals surface area contributed by atoms with Crippen molar-refractivity contribution in [1.29, 1.82) is 0 Å². The van der Waals surface area contributed by atoms with Crippen molar-refractivity contribution in [3.8, 4) is 11.8 Å². The topological polar surface area (TPSA) is 51.5 Å². The van der Waals surface area contributed by atoms with Gasteiger partial charge in [-0.3, -0.25) is 9.69 Å². The van der Waals surface area contributed by atoms with Crippen molar-refractivity contribution in [2.75, 3.05) is 19.6 Å². The Hall–Kier alpha value is -2.06. The van der Waals surface area contributed by atoms with Crippen molar-refractivity contribution >= 4 is 5.97 Å². The zero-order valence-electron chi connectivity index (χ0n) is 13.0. The number of hydrogen-bond donors (Lipinski definition) is 0. The summed E-state index contributed by atoms with van der Waals surface area (Å²) in [6, 6.07) is 2.80. The Kier molecular flexibility index (Phi) is 6.70. The predicted octanol–water partition coefficient (Wildman–Crippen LogP) is 1.28. The van der Waals surface area contributed by atoms with E-state index in [0.717, 1.165) is 13.1 Å². The minimum atomic E-state index is -0.481. The molecular formula is C16H22N2O3. The van der Waals surface area contributed by atoms with Gasteiger partial charge in [-0.15, -0.1) is 0 Å². The molecule has 0 aromatic carbocycles. The van der Waals surface area contributed by atoms with E-state index in [2.05, 4.69) is 30.6 Å². The number of esters is 1. The first-order valence-electron chi connectivity index (χ1n) is 7.06. The molecule has 0 aliphatic carbocycles. The zero-order chi connectivity index (χ0) is 15.8. The summed E-state index contributed by atoms with van der Waals surface area (Å²) in [6.45, 7) is 8.43. The number of carbonyl (C=O) groups is 1. The maximum absolute atomic E-state index is 11.9. The van der Waals surface area contributed by atoms with E-state index in [0.29, 0.717) is 12.1 Å². The molecule has 0 aliphatic heterocycles. The molecule has 0 saturated carbocycles. The fourth-order valence-corrected chi connectivity index (χ4v) is 1.72. The van der Waals surface area contributed by atoms with Gasteiger partial charge < -0.3 is 9.30 Å². The molecular weight excluding hydrogens is 268 g/mol. The number of aryl methyl sites for hydroxylation is 1. The molecule has 0 saturated heterocycles. The van der Waals surface area contributed by atoms with Gasteiger partial charge in [0.1, 0.15) is 0 Å². The van der Waals surface area contributed by atoms with Crippen molar-refractivity contribution in [3.63, 3.8) is 0 Å². The number of pyridine rings is 1. The lowest BCUT2D eigenvalue weighted by molar-refractivity contribution is 0.0437. The van der Waals surface area contributed by atoms with E-state index >= 15 is 0 Å². The van der Waals surface area contributed by atoms with E-state index in [1.54, 1.807) is 14.0 Å². The van der Waals surface area contributed by atoms with E-state index in [1.165, 1.54) is 22.9 Å². The van der Waals surface area contributed by atoms with E-state index in [4.69, 9.17) is 4.74 Å². The van der Waals surface area contributed by atoms with E-state index in [-0.39, 0.29) is 5.56 Å². The van der Waals surface area contributed by atoms with Gasteiger partial charge in [0.25, 0.3) is 0 Å². The number of aromatic nitrogens is 1. The monoisotopic (exact) mass is 290 g/mol. The van der Waals surface area contributed by atoms with Crippen LogP contribution in [-0.4, -0.2) is 41.2 Å². The molecule has 0 aliphatic rings. The second-order valence-corrected chi connectivity index (χ2v) is 4.70. The van der Waals surface area contributed by atoms with Crippen molar-refractivity contribution in [2.45, 2.75) is 26.9 Å². The molecule has 0 unspecified atom stereocenters. The summed E-state index contributed by atoms with van der Waals surface area (Å²) in [5.41, 5.74) is 0.174. The molecule has 1 heterocycles. The molecule has 0 fully saturated rings. The van der Waals surface area contributed by atoms with Gasteiger partial charge in [0.05, 0.1) is 12.1 Å². The maximum atomic E-state index is 11.9. The van der Waals surface area contributed by atoms with Crippen LogP contribution in [0.25, 0.3) is 0 Å². The molecule has 1 rings (SSSR count). The Morgan fingerprint density at radius 3 is 2.62 bits per heavy atom. The third-order valence-corrected chi connectivity index (χ3v) is 3.11. The van der Waals surface area contributed by atoms with Gasteiger partial charge in [-0.25, -0.2) is 4.79 Å². The van der Waals surface area contributed by atoms with Gasteiger partial charge in [-0.2, -0.15) is 0 Å². The first-order valence-corrected chi connectivity index (χ1v) is 7.06. The summed E-state index contributed by atoms with van der Waals surface area (Å²) in [5, 5.41) is 0. The Bertz CT molecular complexity index is 592. The van der Waals surface area contributed by atoms with Gasteiger partial charge >= 0.3 is 5.97 Å². The van der Waals surface area contributed by atoms with Gasteiger partial charge in [0.2, 0.25) is 5.56 Å². The molecule has 1 aromatic heterocycles. The van der Waals surface area contributed by atoms with Crippen LogP contribution in [0.15, 0.2) is 23.1 Å². The van der Waals surface area contributed by atoms with Crippen LogP contribution in [0.4, 0.5) is 0 Å². The van der Waals surface area contributed by atoms with Crippen LogP contribution in [-0.2, 0) is 11.8 Å². The molecule has 0 radical (unpaired) electrons. The highest BCUT2D eigenvalue weighted by Gasteiger charge is 2.11. The van der Waals surface area contributed by atoms with Crippen LogP contribution in [0.2, 0.25) is 0 Å². The highest BCUT2D eigenvalue weighted by molar-refractivity contribution is 5.89. The number of rotatable bonds is 5. The third kappa shape index (κ3) is 5.44. The highest BCUT2D eigenvalue weighted by atomic mass is 16.5. The maximum Gasteiger partial charge on any atom is 0.340 e. The summed E-state index contributed by atoms with van der Waals surface area (Å²) in [5.74, 6) is 5.44. The van der Waals surface area contributed by atoms with Crippen LogP contribution in [0.3, 0.4) is 0 Å². The number of carbonyl (C=O) groups excluding carboxylic acids is 1. The molecule has 5 nitrogen and oxygen atoms in total. The van der Waals surface area contributed by atoms with Crippen LogP contribution in [0, 0.1) is 11.8 Å². The molecule has 1 aromatic rings. The smallest absolute Gasteiger partial charge is 0.340 e. The summed E-state index contributed by atoms with van der Waals surface area (Å²) in [6.07, 6.45) is 0.978. The lowest BCUT2D eigenvalue weighted by Crippen LogP contribution is -2.23. The van der Waals surface area contributed by atoms with Gasteiger partial charge in [0.15, 0.2) is 6.10 Å². The molecule has 21 heavy (non-hydrogen) atoms. The van der Waals surface area contributed by atoms with Gasteiger partial charge in [-0.05, 0) is 26.1 Å². The quantitative estimate of drug-likeness (QED) is 0.605. The van der Waals surface area contributed by atoms with Gasteiger partial charge in [-0.1, -0.05) is 25.7 Å². The van der Waals surface area contributed by atoms with Crippen LogP contribution < -0.4 is 5.56 Å². The number of hydrogen-bond acceptors (Lipinski definition) is 4. The summed E-state index contributed by atoms with van der Waals surface area (Å²) < 4.78 is 6.57. The average molecular weight is 290 g/mol. The number of ether oxygens (including phenoxy) is 1. The lowest BCUT2D eigenvalue weighted by atomic mass is 10.3. The minimum absolute atomic E-state index is 0.168. The van der Waals surface area contributed by atoms with E-state index in [1.807, 2.05) is 0 Å². The van der Waals surface area contributed by atoms with Crippen LogP contribution in [0.1, 0.15) is 31.1 Å². The normalized spacial score (nSPS) is 11.7. The predicted molar refractivity (Wildman–Crippen MR) is 82.1 cm³/mol. The van der Waals surface area contributed by atoms with Crippen molar-refractivity contribution in [1.82, 2.24) is 9.47 Å². The lowest BCUT2D eigenvalue weighted by Gasteiger charge is -2.13. The fraction of sp³-hybridized carbons (Fsp3) is 0.500. The minimum Gasteiger partial charge on any atom is -0.446 e. The second kappa shape index (κ2) is 8.28.